The van der Waals surface area contributed by atoms with Gasteiger partial charge in [-0.15, -0.1) is 0 Å². The Balaban J connectivity index is 2.66. The summed E-state index contributed by atoms with van der Waals surface area (Å²) in [6.07, 6.45) is 0. The van der Waals surface area contributed by atoms with Gasteiger partial charge in [0.05, 0.1) is 0 Å². The average molecular weight is 288 g/mol. The molecular formula is C17H21O2P. The van der Waals surface area contributed by atoms with Gasteiger partial charge < -0.3 is 9.67 Å². The van der Waals surface area contributed by atoms with Crippen LogP contribution in [0.25, 0.3) is 0 Å². The highest BCUT2D eigenvalue weighted by Gasteiger charge is 2.41. The summed E-state index contributed by atoms with van der Waals surface area (Å²) in [5.74, 6) is 0. The Labute approximate surface area is 120 Å². The van der Waals surface area contributed by atoms with Crippen molar-refractivity contribution in [1.29, 1.82) is 0 Å². The van der Waals surface area contributed by atoms with E-state index in [-0.39, 0.29) is 0 Å². The molecule has 1 N–H and O–H groups in total. The van der Waals surface area contributed by atoms with Crippen LogP contribution in [0.1, 0.15) is 25.0 Å². The third-order valence-corrected chi connectivity index (χ3v) is 7.16. The molecule has 20 heavy (non-hydrogen) atoms. The lowest BCUT2D eigenvalue weighted by atomic mass is 10.2. The van der Waals surface area contributed by atoms with Crippen LogP contribution in [-0.4, -0.2) is 10.4 Å². The van der Waals surface area contributed by atoms with Crippen molar-refractivity contribution < 1.29 is 9.67 Å². The van der Waals surface area contributed by atoms with Gasteiger partial charge in [0, 0.05) is 10.6 Å². The highest BCUT2D eigenvalue weighted by Crippen LogP contribution is 2.54. The number of rotatable bonds is 3. The minimum atomic E-state index is -3.09. The molecule has 0 aliphatic heterocycles. The molecule has 106 valence electrons. The van der Waals surface area contributed by atoms with Gasteiger partial charge in [0.15, 0.2) is 7.14 Å². The average Bonchev–Trinajstić information content (AvgIpc) is 2.38. The Morgan fingerprint density at radius 3 is 1.35 bits per heavy atom. The first-order valence-corrected chi connectivity index (χ1v) is 8.43. The first-order chi connectivity index (χ1) is 9.25. The van der Waals surface area contributed by atoms with Gasteiger partial charge in [-0.3, -0.25) is 0 Å². The summed E-state index contributed by atoms with van der Waals surface area (Å²) in [7, 11) is -3.09. The molecule has 2 aromatic rings. The molecule has 0 saturated heterocycles. The van der Waals surface area contributed by atoms with Gasteiger partial charge in [-0.05, 0) is 27.7 Å². The van der Waals surface area contributed by atoms with Crippen molar-refractivity contribution in [2.75, 3.05) is 0 Å². The maximum Gasteiger partial charge on any atom is 0.172 e. The van der Waals surface area contributed by atoms with Gasteiger partial charge in [-0.2, -0.15) is 0 Å². The van der Waals surface area contributed by atoms with E-state index in [1.54, 1.807) is 13.8 Å². The van der Waals surface area contributed by atoms with E-state index in [4.69, 9.17) is 0 Å². The van der Waals surface area contributed by atoms with Crippen LogP contribution in [-0.2, 0) is 4.57 Å². The van der Waals surface area contributed by atoms with E-state index in [0.717, 1.165) is 11.1 Å². The van der Waals surface area contributed by atoms with E-state index in [1.807, 2.05) is 62.4 Å². The van der Waals surface area contributed by atoms with Crippen molar-refractivity contribution in [3.8, 4) is 0 Å². The molecule has 0 amide bonds. The molecule has 0 fully saturated rings. The van der Waals surface area contributed by atoms with E-state index >= 15 is 0 Å². The van der Waals surface area contributed by atoms with Crippen molar-refractivity contribution in [1.82, 2.24) is 0 Å². The van der Waals surface area contributed by atoms with Crippen molar-refractivity contribution in [2.45, 2.75) is 33.0 Å². The van der Waals surface area contributed by atoms with Gasteiger partial charge in [-0.1, -0.05) is 59.7 Å². The van der Waals surface area contributed by atoms with E-state index in [2.05, 4.69) is 0 Å². The molecule has 0 aliphatic rings. The minimum Gasteiger partial charge on any atom is -0.382 e. The summed E-state index contributed by atoms with van der Waals surface area (Å²) in [5.41, 5.74) is 2.22. The number of aliphatic hydroxyl groups is 1. The molecule has 2 rings (SSSR count). The van der Waals surface area contributed by atoms with Crippen molar-refractivity contribution in [2.24, 2.45) is 0 Å². The third kappa shape index (κ3) is 2.59. The Morgan fingerprint density at radius 2 is 1.10 bits per heavy atom. The normalized spacial score (nSPS) is 12.4. The lowest BCUT2D eigenvalue weighted by Crippen LogP contribution is -2.32. The Morgan fingerprint density at radius 1 is 0.800 bits per heavy atom. The van der Waals surface area contributed by atoms with Gasteiger partial charge in [-0.25, -0.2) is 0 Å². The molecule has 0 aromatic heterocycles. The highest BCUT2D eigenvalue weighted by molar-refractivity contribution is 7.79. The predicted octanol–water partition coefficient (Wildman–Crippen LogP) is 3.35. The highest BCUT2D eigenvalue weighted by atomic mass is 31.2. The van der Waals surface area contributed by atoms with Gasteiger partial charge in [0.1, 0.15) is 5.34 Å². The number of hydrogen-bond donors (Lipinski definition) is 1. The quantitative estimate of drug-likeness (QED) is 0.879. The molecule has 0 radical (unpaired) electrons. The zero-order valence-corrected chi connectivity index (χ0v) is 13.3. The molecule has 2 aromatic carbocycles. The number of hydrogen-bond acceptors (Lipinski definition) is 2. The maximum atomic E-state index is 13.6. The summed E-state index contributed by atoms with van der Waals surface area (Å²) in [6, 6.07) is 15.2. The fourth-order valence-electron chi connectivity index (χ4n) is 2.29. The standard InChI is InChI=1S/C17H21O2P/c1-13-5-9-15(10-6-13)20(19,17(3,4)18)16-11-7-14(2)8-12-16/h5-12,18H,1-4H3. The van der Waals surface area contributed by atoms with Crippen molar-refractivity contribution in [3.05, 3.63) is 59.7 Å². The predicted molar refractivity (Wildman–Crippen MR) is 85.5 cm³/mol. The summed E-state index contributed by atoms with van der Waals surface area (Å²) in [5, 5.41) is 10.6. The van der Waals surface area contributed by atoms with Gasteiger partial charge >= 0.3 is 0 Å². The minimum absolute atomic E-state index is 0.694. The van der Waals surface area contributed by atoms with Crippen LogP contribution in [0.15, 0.2) is 48.5 Å². The topological polar surface area (TPSA) is 37.3 Å². The zero-order chi connectivity index (χ0) is 15.0. The fraction of sp³-hybridized carbons (Fsp3) is 0.294. The molecule has 0 saturated carbocycles. The second-order valence-electron chi connectivity index (χ2n) is 5.77. The van der Waals surface area contributed by atoms with E-state index in [1.165, 1.54) is 0 Å². The summed E-state index contributed by atoms with van der Waals surface area (Å²) >= 11 is 0. The lowest BCUT2D eigenvalue weighted by Gasteiger charge is -2.31. The maximum absolute atomic E-state index is 13.6. The summed E-state index contributed by atoms with van der Waals surface area (Å²) < 4.78 is 13.6. The van der Waals surface area contributed by atoms with Crippen LogP contribution < -0.4 is 10.6 Å². The zero-order valence-electron chi connectivity index (χ0n) is 12.4. The van der Waals surface area contributed by atoms with Gasteiger partial charge in [0.25, 0.3) is 0 Å². The number of benzene rings is 2. The van der Waals surface area contributed by atoms with Crippen LogP contribution in [0.3, 0.4) is 0 Å². The Bertz CT molecular complexity index is 585. The molecule has 0 heterocycles. The smallest absolute Gasteiger partial charge is 0.172 e. The molecule has 0 bridgehead atoms. The SMILES string of the molecule is Cc1ccc(P(=O)(c2ccc(C)cc2)C(C)(C)O)cc1. The Hall–Kier alpha value is -1.37. The van der Waals surface area contributed by atoms with Crippen LogP contribution in [0.5, 0.6) is 0 Å². The molecule has 0 unspecified atom stereocenters. The Kier molecular flexibility index (Phi) is 3.90. The first kappa shape index (κ1) is 15.0. The molecular weight excluding hydrogens is 267 g/mol. The van der Waals surface area contributed by atoms with Crippen molar-refractivity contribution in [3.63, 3.8) is 0 Å². The molecule has 2 nitrogen and oxygen atoms in total. The lowest BCUT2D eigenvalue weighted by molar-refractivity contribution is 0.166. The van der Waals surface area contributed by atoms with E-state index in [0.29, 0.717) is 10.6 Å². The molecule has 0 atom stereocenters. The fourth-order valence-corrected chi connectivity index (χ4v) is 4.99. The molecule has 0 aliphatic carbocycles. The first-order valence-electron chi connectivity index (χ1n) is 6.72. The largest absolute Gasteiger partial charge is 0.382 e. The van der Waals surface area contributed by atoms with E-state index < -0.39 is 12.5 Å². The summed E-state index contributed by atoms with van der Waals surface area (Å²) in [6.45, 7) is 7.22. The van der Waals surface area contributed by atoms with Crippen LogP contribution >= 0.6 is 7.14 Å². The monoisotopic (exact) mass is 288 g/mol. The second kappa shape index (κ2) is 5.20. The molecule has 0 spiro atoms. The number of aryl methyl sites for hydroxylation is 2. The van der Waals surface area contributed by atoms with Crippen LogP contribution in [0.2, 0.25) is 0 Å². The van der Waals surface area contributed by atoms with Gasteiger partial charge in [0.2, 0.25) is 0 Å². The molecule has 3 heteroatoms. The van der Waals surface area contributed by atoms with Crippen LogP contribution in [0, 0.1) is 13.8 Å². The third-order valence-electron chi connectivity index (χ3n) is 3.57. The van der Waals surface area contributed by atoms with Crippen LogP contribution in [0.4, 0.5) is 0 Å². The second-order valence-corrected chi connectivity index (χ2v) is 9.12. The van der Waals surface area contributed by atoms with E-state index in [9.17, 15) is 9.67 Å². The van der Waals surface area contributed by atoms with Crippen molar-refractivity contribution >= 4 is 17.8 Å². The summed E-state index contributed by atoms with van der Waals surface area (Å²) in [4.78, 5) is 0.